The minimum atomic E-state index is -0.741. The number of carbonyl (C=O) groups is 1. The van der Waals surface area contributed by atoms with Crippen molar-refractivity contribution in [3.63, 3.8) is 0 Å². The number of rotatable bonds is 2. The molecule has 0 aliphatic rings. The summed E-state index contributed by atoms with van der Waals surface area (Å²) in [5.74, 6) is 0.111. The number of aromatic hydroxyl groups is 1. The van der Waals surface area contributed by atoms with Crippen molar-refractivity contribution >= 4 is 12.2 Å². The van der Waals surface area contributed by atoms with Crippen molar-refractivity contribution in [2.75, 3.05) is 0 Å². The Morgan fingerprint density at radius 1 is 1.64 bits per heavy atom. The lowest BCUT2D eigenvalue weighted by Crippen LogP contribution is -2.24. The third-order valence-corrected chi connectivity index (χ3v) is 1.67. The van der Waals surface area contributed by atoms with E-state index in [0.29, 0.717) is 5.56 Å². The highest BCUT2D eigenvalue weighted by atomic mass is 16.3. The first kappa shape index (κ1) is 10.0. The predicted molar refractivity (Wildman–Crippen MR) is 53.2 cm³/mol. The van der Waals surface area contributed by atoms with Crippen molar-refractivity contribution in [3.05, 3.63) is 29.3 Å². The zero-order valence-corrected chi connectivity index (χ0v) is 7.69. The maximum Gasteiger partial charge on any atom is 0.332 e. The second kappa shape index (κ2) is 4.27. The summed E-state index contributed by atoms with van der Waals surface area (Å²) in [5.41, 5.74) is 8.27. The molecule has 4 N–H and O–H groups in total. The monoisotopic (exact) mass is 193 g/mol. The van der Waals surface area contributed by atoms with Gasteiger partial charge >= 0.3 is 6.03 Å². The number of carbonyl (C=O) groups excluding carboxylic acids is 1. The SMILES string of the molecule is Cc1cccc(O)c1/C=N/NC(N)=O. The number of phenolic OH excluding ortho intramolecular Hbond substituents is 1. The van der Waals surface area contributed by atoms with Crippen LogP contribution in [0.3, 0.4) is 0 Å². The second-order valence-corrected chi connectivity index (χ2v) is 2.74. The molecule has 1 aromatic carbocycles. The van der Waals surface area contributed by atoms with Crippen LogP contribution in [0.5, 0.6) is 5.75 Å². The molecule has 0 aliphatic carbocycles. The van der Waals surface area contributed by atoms with Crippen LogP contribution in [0.4, 0.5) is 4.79 Å². The zero-order valence-electron chi connectivity index (χ0n) is 7.69. The molecule has 1 aromatic rings. The highest BCUT2D eigenvalue weighted by Crippen LogP contribution is 2.17. The van der Waals surface area contributed by atoms with Gasteiger partial charge in [-0.15, -0.1) is 0 Å². The third-order valence-electron chi connectivity index (χ3n) is 1.67. The topological polar surface area (TPSA) is 87.7 Å². The molecule has 0 aromatic heterocycles. The van der Waals surface area contributed by atoms with Gasteiger partial charge in [-0.2, -0.15) is 5.10 Å². The molecule has 0 radical (unpaired) electrons. The number of nitrogens with zero attached hydrogens (tertiary/aromatic N) is 1. The van der Waals surface area contributed by atoms with Crippen LogP contribution in [-0.4, -0.2) is 17.4 Å². The van der Waals surface area contributed by atoms with E-state index in [1.165, 1.54) is 6.21 Å². The highest BCUT2D eigenvalue weighted by Gasteiger charge is 2.00. The fourth-order valence-electron chi connectivity index (χ4n) is 0.994. The first-order chi connectivity index (χ1) is 6.61. The summed E-state index contributed by atoms with van der Waals surface area (Å²) < 4.78 is 0. The van der Waals surface area contributed by atoms with E-state index in [2.05, 4.69) is 5.10 Å². The number of primary amides is 1. The number of hydrogen-bond donors (Lipinski definition) is 3. The van der Waals surface area contributed by atoms with Gasteiger partial charge in [-0.25, -0.2) is 10.2 Å². The molecular weight excluding hydrogens is 182 g/mol. The molecule has 0 fully saturated rings. The van der Waals surface area contributed by atoms with Crippen LogP contribution >= 0.6 is 0 Å². The summed E-state index contributed by atoms with van der Waals surface area (Å²) in [6.07, 6.45) is 1.34. The molecule has 0 saturated heterocycles. The fraction of sp³-hybridized carbons (Fsp3) is 0.111. The van der Waals surface area contributed by atoms with Gasteiger partial charge in [0.1, 0.15) is 5.75 Å². The molecule has 0 atom stereocenters. The number of hydrazone groups is 1. The Balaban J connectivity index is 2.85. The lowest BCUT2D eigenvalue weighted by Gasteiger charge is -2.01. The molecular formula is C9H11N3O2. The van der Waals surface area contributed by atoms with Crippen LogP contribution in [0, 0.1) is 6.92 Å². The van der Waals surface area contributed by atoms with Crippen LogP contribution in [0.15, 0.2) is 23.3 Å². The van der Waals surface area contributed by atoms with E-state index in [0.717, 1.165) is 5.56 Å². The minimum absolute atomic E-state index is 0.111. The summed E-state index contributed by atoms with van der Waals surface area (Å²) in [7, 11) is 0. The van der Waals surface area contributed by atoms with Crippen molar-refractivity contribution < 1.29 is 9.90 Å². The smallest absolute Gasteiger partial charge is 0.332 e. The maximum absolute atomic E-state index is 10.3. The third kappa shape index (κ3) is 2.48. The largest absolute Gasteiger partial charge is 0.507 e. The van der Waals surface area contributed by atoms with Gasteiger partial charge in [0.15, 0.2) is 0 Å². The molecule has 0 aliphatic heterocycles. The van der Waals surface area contributed by atoms with Gasteiger partial charge in [0.05, 0.1) is 6.21 Å². The molecule has 5 heteroatoms. The zero-order chi connectivity index (χ0) is 10.6. The second-order valence-electron chi connectivity index (χ2n) is 2.74. The number of phenols is 1. The number of nitrogens with one attached hydrogen (secondary N) is 1. The quantitative estimate of drug-likeness (QED) is 0.477. The Hall–Kier alpha value is -2.04. The van der Waals surface area contributed by atoms with E-state index in [9.17, 15) is 9.90 Å². The van der Waals surface area contributed by atoms with Gasteiger partial charge in [-0.05, 0) is 18.6 Å². The van der Waals surface area contributed by atoms with Gasteiger partial charge < -0.3 is 10.8 Å². The Morgan fingerprint density at radius 2 is 2.36 bits per heavy atom. The van der Waals surface area contributed by atoms with Crippen molar-refractivity contribution in [2.45, 2.75) is 6.92 Å². The summed E-state index contributed by atoms with van der Waals surface area (Å²) in [5, 5.41) is 13.0. The number of benzene rings is 1. The fourth-order valence-corrected chi connectivity index (χ4v) is 0.994. The average molecular weight is 193 g/mol. The van der Waals surface area contributed by atoms with E-state index in [-0.39, 0.29) is 5.75 Å². The van der Waals surface area contributed by atoms with Crippen molar-refractivity contribution in [3.8, 4) is 5.75 Å². The maximum atomic E-state index is 10.3. The molecule has 2 amide bonds. The molecule has 74 valence electrons. The number of aryl methyl sites for hydroxylation is 1. The molecule has 0 saturated carbocycles. The number of nitrogens with two attached hydrogens (primary N) is 1. The molecule has 5 nitrogen and oxygen atoms in total. The van der Waals surface area contributed by atoms with E-state index < -0.39 is 6.03 Å². The molecule has 0 bridgehead atoms. The van der Waals surface area contributed by atoms with E-state index in [1.807, 2.05) is 18.4 Å². The van der Waals surface area contributed by atoms with Crippen molar-refractivity contribution in [2.24, 2.45) is 10.8 Å². The molecule has 1 rings (SSSR count). The van der Waals surface area contributed by atoms with Crippen LogP contribution in [0.1, 0.15) is 11.1 Å². The van der Waals surface area contributed by atoms with E-state index in [1.54, 1.807) is 12.1 Å². The molecule has 14 heavy (non-hydrogen) atoms. The summed E-state index contributed by atoms with van der Waals surface area (Å²) in [6.45, 7) is 1.82. The predicted octanol–water partition coefficient (Wildman–Crippen LogP) is 0.703. The van der Waals surface area contributed by atoms with Crippen molar-refractivity contribution in [1.29, 1.82) is 0 Å². The van der Waals surface area contributed by atoms with Crippen LogP contribution in [0.2, 0.25) is 0 Å². The van der Waals surface area contributed by atoms with Crippen LogP contribution in [-0.2, 0) is 0 Å². The highest BCUT2D eigenvalue weighted by molar-refractivity contribution is 5.86. The Bertz CT molecular complexity index is 354. The van der Waals surface area contributed by atoms with E-state index >= 15 is 0 Å². The summed E-state index contributed by atoms with van der Waals surface area (Å²) >= 11 is 0. The van der Waals surface area contributed by atoms with Gasteiger partial charge in [0.25, 0.3) is 0 Å². The first-order valence-corrected chi connectivity index (χ1v) is 3.98. The standard InChI is InChI=1S/C9H11N3O2/c1-6-3-2-4-8(13)7(6)5-11-12-9(10)14/h2-5,13H,1H3,(H3,10,12,14)/b11-5+. The lowest BCUT2D eigenvalue weighted by molar-refractivity contribution is 0.249. The minimum Gasteiger partial charge on any atom is -0.507 e. The normalized spacial score (nSPS) is 10.4. The number of hydrogen-bond acceptors (Lipinski definition) is 3. The Morgan fingerprint density at radius 3 is 2.93 bits per heavy atom. The first-order valence-electron chi connectivity index (χ1n) is 3.98. The van der Waals surface area contributed by atoms with Gasteiger partial charge in [-0.3, -0.25) is 0 Å². The summed E-state index contributed by atoms with van der Waals surface area (Å²) in [6, 6.07) is 4.35. The van der Waals surface area contributed by atoms with Gasteiger partial charge in [-0.1, -0.05) is 12.1 Å². The molecule has 0 heterocycles. The molecule has 0 unspecified atom stereocenters. The lowest BCUT2D eigenvalue weighted by atomic mass is 10.1. The van der Waals surface area contributed by atoms with E-state index in [4.69, 9.17) is 5.73 Å². The average Bonchev–Trinajstić information content (AvgIpc) is 2.09. The number of urea groups is 1. The summed E-state index contributed by atoms with van der Waals surface area (Å²) in [4.78, 5) is 10.3. The van der Waals surface area contributed by atoms with Crippen molar-refractivity contribution in [1.82, 2.24) is 5.43 Å². The number of amides is 2. The molecule has 0 spiro atoms. The van der Waals surface area contributed by atoms with Crippen LogP contribution < -0.4 is 11.2 Å². The van der Waals surface area contributed by atoms with Crippen LogP contribution in [0.25, 0.3) is 0 Å². The Kier molecular flexibility index (Phi) is 3.06. The van der Waals surface area contributed by atoms with Gasteiger partial charge in [0, 0.05) is 5.56 Å². The van der Waals surface area contributed by atoms with Gasteiger partial charge in [0.2, 0.25) is 0 Å². The Labute approximate surface area is 81.2 Å².